The van der Waals surface area contributed by atoms with Crippen LogP contribution >= 0.6 is 0 Å². The van der Waals surface area contributed by atoms with Crippen LogP contribution in [0.2, 0.25) is 0 Å². The molecule has 2 fully saturated rings. The van der Waals surface area contributed by atoms with E-state index in [-0.39, 0.29) is 5.91 Å². The third-order valence-electron chi connectivity index (χ3n) is 4.76. The Kier molecular flexibility index (Phi) is 6.52. The van der Waals surface area contributed by atoms with Crippen LogP contribution in [0.3, 0.4) is 0 Å². The Morgan fingerprint density at radius 3 is 2.36 bits per heavy atom. The van der Waals surface area contributed by atoms with Gasteiger partial charge in [0.25, 0.3) is 0 Å². The number of likely N-dealkylation sites (tertiary alicyclic amines) is 1. The van der Waals surface area contributed by atoms with Crippen LogP contribution in [0.1, 0.15) is 52.4 Å². The maximum absolute atomic E-state index is 12.1. The summed E-state index contributed by atoms with van der Waals surface area (Å²) < 4.78 is 0. The zero-order chi connectivity index (χ0) is 15.9. The van der Waals surface area contributed by atoms with Crippen LogP contribution in [0.25, 0.3) is 0 Å². The van der Waals surface area contributed by atoms with Gasteiger partial charge in [-0.2, -0.15) is 0 Å². The molecule has 2 unspecified atom stereocenters. The van der Waals surface area contributed by atoms with Crippen LogP contribution in [0.4, 0.5) is 0 Å². The van der Waals surface area contributed by atoms with Gasteiger partial charge in [0.05, 0.1) is 6.54 Å². The highest BCUT2D eigenvalue weighted by Gasteiger charge is 2.24. The predicted octanol–water partition coefficient (Wildman–Crippen LogP) is 1.99. The van der Waals surface area contributed by atoms with Crippen LogP contribution in [0.15, 0.2) is 4.99 Å². The molecule has 0 aromatic carbocycles. The van der Waals surface area contributed by atoms with Crippen LogP contribution < -0.4 is 10.6 Å². The van der Waals surface area contributed by atoms with Gasteiger partial charge in [-0.3, -0.25) is 9.79 Å². The summed E-state index contributed by atoms with van der Waals surface area (Å²) in [5, 5.41) is 6.38. The van der Waals surface area contributed by atoms with E-state index in [1.807, 2.05) is 0 Å². The molecule has 2 aliphatic rings. The second kappa shape index (κ2) is 8.39. The second-order valence-electron chi connectivity index (χ2n) is 7.15. The lowest BCUT2D eigenvalue weighted by atomic mass is 9.92. The van der Waals surface area contributed by atoms with E-state index < -0.39 is 0 Å². The highest BCUT2D eigenvalue weighted by Crippen LogP contribution is 2.20. The van der Waals surface area contributed by atoms with Gasteiger partial charge in [-0.25, -0.2) is 0 Å². The first-order valence-electron chi connectivity index (χ1n) is 8.83. The van der Waals surface area contributed by atoms with E-state index in [9.17, 15) is 4.79 Å². The first-order valence-corrected chi connectivity index (χ1v) is 8.83. The number of carbonyl (C=O) groups excluding carboxylic acids is 1. The fourth-order valence-electron chi connectivity index (χ4n) is 3.85. The van der Waals surface area contributed by atoms with Crippen molar-refractivity contribution < 1.29 is 4.79 Å². The molecule has 0 radical (unpaired) electrons. The summed E-state index contributed by atoms with van der Waals surface area (Å²) in [6, 6.07) is 0.375. The summed E-state index contributed by atoms with van der Waals surface area (Å²) in [4.78, 5) is 18.7. The number of piperidine rings is 1. The van der Waals surface area contributed by atoms with Gasteiger partial charge in [0.2, 0.25) is 5.91 Å². The van der Waals surface area contributed by atoms with Crippen molar-refractivity contribution in [1.82, 2.24) is 15.5 Å². The zero-order valence-corrected chi connectivity index (χ0v) is 14.4. The zero-order valence-electron chi connectivity index (χ0n) is 14.4. The van der Waals surface area contributed by atoms with Gasteiger partial charge in [-0.15, -0.1) is 0 Å². The Labute approximate surface area is 134 Å². The molecule has 2 atom stereocenters. The monoisotopic (exact) mass is 308 g/mol. The number of aliphatic imine (C=N–C) groups is 1. The summed E-state index contributed by atoms with van der Waals surface area (Å²) in [5.74, 6) is 2.31. The Morgan fingerprint density at radius 2 is 1.77 bits per heavy atom. The number of hydrogen-bond donors (Lipinski definition) is 2. The molecule has 0 spiro atoms. The van der Waals surface area contributed by atoms with Gasteiger partial charge in [-0.05, 0) is 31.1 Å². The molecule has 0 aromatic heterocycles. The molecule has 5 nitrogen and oxygen atoms in total. The van der Waals surface area contributed by atoms with Crippen LogP contribution in [0, 0.1) is 11.8 Å². The van der Waals surface area contributed by atoms with Crippen molar-refractivity contribution in [1.29, 1.82) is 0 Å². The molecular weight excluding hydrogens is 276 g/mol. The van der Waals surface area contributed by atoms with E-state index in [1.54, 1.807) is 7.05 Å². The average molecular weight is 308 g/mol. The normalized spacial score (nSPS) is 27.6. The minimum Gasteiger partial charge on any atom is -0.352 e. The first kappa shape index (κ1) is 17.1. The summed E-state index contributed by atoms with van der Waals surface area (Å²) in [6.45, 7) is 6.93. The van der Waals surface area contributed by atoms with Gasteiger partial charge < -0.3 is 15.5 Å². The number of nitrogens with zero attached hydrogens (tertiary/aromatic N) is 2. The van der Waals surface area contributed by atoms with Crippen LogP contribution in [-0.2, 0) is 4.79 Å². The highest BCUT2D eigenvalue weighted by molar-refractivity contribution is 5.86. The molecule has 1 amide bonds. The molecule has 1 aliphatic carbocycles. The van der Waals surface area contributed by atoms with E-state index in [0.29, 0.717) is 24.4 Å². The number of carbonyl (C=O) groups is 1. The van der Waals surface area contributed by atoms with Gasteiger partial charge in [-0.1, -0.05) is 33.1 Å². The summed E-state index contributed by atoms with van der Waals surface area (Å²) in [7, 11) is 1.80. The van der Waals surface area contributed by atoms with Crippen molar-refractivity contribution in [3.8, 4) is 0 Å². The van der Waals surface area contributed by atoms with Crippen molar-refractivity contribution in [3.05, 3.63) is 0 Å². The second-order valence-corrected chi connectivity index (χ2v) is 7.15. The minimum absolute atomic E-state index is 0.0890. The maximum Gasteiger partial charge on any atom is 0.239 e. The summed E-state index contributed by atoms with van der Waals surface area (Å²) in [5.41, 5.74) is 0. The third-order valence-corrected chi connectivity index (χ3v) is 4.76. The van der Waals surface area contributed by atoms with Crippen molar-refractivity contribution >= 4 is 11.9 Å². The smallest absolute Gasteiger partial charge is 0.239 e. The van der Waals surface area contributed by atoms with Gasteiger partial charge >= 0.3 is 0 Å². The third kappa shape index (κ3) is 5.18. The number of guanidine groups is 1. The van der Waals surface area contributed by atoms with E-state index in [4.69, 9.17) is 0 Å². The molecule has 1 aliphatic heterocycles. The van der Waals surface area contributed by atoms with E-state index in [1.165, 1.54) is 25.7 Å². The molecule has 22 heavy (non-hydrogen) atoms. The molecule has 1 saturated heterocycles. The lowest BCUT2D eigenvalue weighted by molar-refractivity contribution is -0.120. The van der Waals surface area contributed by atoms with Gasteiger partial charge in [0.1, 0.15) is 0 Å². The fourth-order valence-corrected chi connectivity index (χ4v) is 3.85. The molecule has 2 N–H and O–H groups in total. The topological polar surface area (TPSA) is 56.7 Å². The Balaban J connectivity index is 1.76. The van der Waals surface area contributed by atoms with Crippen molar-refractivity contribution in [2.45, 2.75) is 58.4 Å². The fraction of sp³-hybridized carbons (Fsp3) is 0.882. The highest BCUT2D eigenvalue weighted by atomic mass is 16.2. The Hall–Kier alpha value is -1.26. The van der Waals surface area contributed by atoms with E-state index >= 15 is 0 Å². The lowest BCUT2D eigenvalue weighted by Crippen LogP contribution is -2.51. The van der Waals surface area contributed by atoms with E-state index in [2.05, 4.69) is 34.4 Å². The molecule has 1 saturated carbocycles. The van der Waals surface area contributed by atoms with E-state index in [0.717, 1.165) is 31.9 Å². The largest absolute Gasteiger partial charge is 0.352 e. The summed E-state index contributed by atoms with van der Waals surface area (Å²) in [6.07, 6.45) is 7.31. The molecule has 5 heteroatoms. The quantitative estimate of drug-likeness (QED) is 0.619. The van der Waals surface area contributed by atoms with Gasteiger partial charge in [0, 0.05) is 26.2 Å². The molecular formula is C17H32N4O. The molecule has 126 valence electrons. The predicted molar refractivity (Wildman–Crippen MR) is 90.9 cm³/mol. The van der Waals surface area contributed by atoms with Crippen LogP contribution in [0.5, 0.6) is 0 Å². The lowest BCUT2D eigenvalue weighted by Gasteiger charge is -2.37. The number of rotatable bonds is 3. The number of amides is 1. The van der Waals surface area contributed by atoms with Gasteiger partial charge in [0.15, 0.2) is 5.96 Å². The van der Waals surface area contributed by atoms with Crippen molar-refractivity contribution in [2.75, 3.05) is 26.7 Å². The minimum atomic E-state index is 0.0890. The van der Waals surface area contributed by atoms with Crippen LogP contribution in [-0.4, -0.2) is 49.5 Å². The molecule has 1 heterocycles. The summed E-state index contributed by atoms with van der Waals surface area (Å²) >= 11 is 0. The molecule has 0 aromatic rings. The Morgan fingerprint density at radius 1 is 1.14 bits per heavy atom. The number of hydrogen-bond acceptors (Lipinski definition) is 2. The van der Waals surface area contributed by atoms with Crippen molar-refractivity contribution in [3.63, 3.8) is 0 Å². The molecule has 2 rings (SSSR count). The standard InChI is InChI=1S/C17H32N4O/c1-13-9-14(2)12-21(11-13)17(18-3)19-10-16(22)20-15-7-5-4-6-8-15/h13-15H,4-12H2,1-3H3,(H,18,19)(H,20,22). The first-order chi connectivity index (χ1) is 10.6. The van der Waals surface area contributed by atoms with Crippen molar-refractivity contribution in [2.24, 2.45) is 16.8 Å². The average Bonchev–Trinajstić information content (AvgIpc) is 2.48. The molecule has 0 bridgehead atoms. The maximum atomic E-state index is 12.1. The Bertz CT molecular complexity index is 380. The SMILES string of the molecule is CN=C(NCC(=O)NC1CCCCC1)N1CC(C)CC(C)C1. The number of nitrogens with one attached hydrogen (secondary N) is 2.